The van der Waals surface area contributed by atoms with Gasteiger partial charge in [0.05, 0.1) is 0 Å². The molecule has 0 atom stereocenters. The van der Waals surface area contributed by atoms with Crippen molar-refractivity contribution in [3.63, 3.8) is 0 Å². The molecule has 2 rings (SSSR count). The average molecular weight is 245 g/mol. The Labute approximate surface area is 105 Å². The first kappa shape index (κ1) is 11.9. The van der Waals surface area contributed by atoms with Crippen LogP contribution in [0.25, 0.3) is 0 Å². The van der Waals surface area contributed by atoms with Crippen LogP contribution < -0.4 is 5.73 Å². The molecule has 0 aromatic heterocycles. The molecule has 2 aromatic rings. The molecular formula is C14H15NOS. The minimum absolute atomic E-state index is 0.312. The van der Waals surface area contributed by atoms with Crippen LogP contribution in [0.15, 0.2) is 47.4 Å². The lowest BCUT2D eigenvalue weighted by atomic mass is 10.2. The summed E-state index contributed by atoms with van der Waals surface area (Å²) >= 11 is 1.73. The van der Waals surface area contributed by atoms with Crippen molar-refractivity contribution in [2.24, 2.45) is 0 Å². The number of nitrogens with two attached hydrogens (primary N) is 1. The number of thioether (sulfide) groups is 1. The van der Waals surface area contributed by atoms with Gasteiger partial charge in [-0.3, -0.25) is 0 Å². The molecule has 0 spiro atoms. The fourth-order valence-electron chi connectivity index (χ4n) is 1.60. The van der Waals surface area contributed by atoms with Gasteiger partial charge >= 0.3 is 0 Å². The van der Waals surface area contributed by atoms with Crippen molar-refractivity contribution in [3.8, 4) is 5.75 Å². The molecule has 88 valence electrons. The average Bonchev–Trinajstić information content (AvgIpc) is 2.31. The first-order chi connectivity index (χ1) is 8.16. The Morgan fingerprint density at radius 2 is 1.94 bits per heavy atom. The molecule has 17 heavy (non-hydrogen) atoms. The lowest BCUT2D eigenvalue weighted by molar-refractivity contribution is 0.475. The summed E-state index contributed by atoms with van der Waals surface area (Å²) in [5.41, 5.74) is 8.92. The van der Waals surface area contributed by atoms with Gasteiger partial charge < -0.3 is 10.8 Å². The number of hydrogen-bond donors (Lipinski definition) is 2. The minimum Gasteiger partial charge on any atom is -0.508 e. The summed E-state index contributed by atoms with van der Waals surface area (Å²) in [7, 11) is 0. The SMILES string of the molecule is Cc1c(N)cccc1SCc1cccc(O)c1. The monoisotopic (exact) mass is 245 g/mol. The van der Waals surface area contributed by atoms with Crippen LogP contribution in [0.2, 0.25) is 0 Å². The molecule has 3 heteroatoms. The predicted octanol–water partition coefficient (Wildman–Crippen LogP) is 3.58. The van der Waals surface area contributed by atoms with Crippen LogP contribution in [0, 0.1) is 6.92 Å². The van der Waals surface area contributed by atoms with Crippen molar-refractivity contribution in [1.29, 1.82) is 0 Å². The van der Waals surface area contributed by atoms with E-state index in [1.807, 2.05) is 31.2 Å². The number of phenolic OH excluding ortho intramolecular Hbond substituents is 1. The molecule has 0 saturated carbocycles. The molecule has 0 bridgehead atoms. The lowest BCUT2D eigenvalue weighted by Crippen LogP contribution is -1.91. The zero-order valence-electron chi connectivity index (χ0n) is 9.68. The number of phenols is 1. The van der Waals surface area contributed by atoms with E-state index in [0.29, 0.717) is 5.75 Å². The molecule has 2 aromatic carbocycles. The first-order valence-electron chi connectivity index (χ1n) is 5.42. The highest BCUT2D eigenvalue weighted by Gasteiger charge is 2.02. The highest BCUT2D eigenvalue weighted by atomic mass is 32.2. The smallest absolute Gasteiger partial charge is 0.115 e. The second kappa shape index (κ2) is 5.15. The summed E-state index contributed by atoms with van der Waals surface area (Å²) in [4.78, 5) is 1.19. The van der Waals surface area contributed by atoms with Gasteiger partial charge in [-0.1, -0.05) is 18.2 Å². The van der Waals surface area contributed by atoms with E-state index >= 15 is 0 Å². The van der Waals surface area contributed by atoms with E-state index in [-0.39, 0.29) is 0 Å². The molecule has 0 fully saturated rings. The summed E-state index contributed by atoms with van der Waals surface area (Å²) in [6.07, 6.45) is 0. The van der Waals surface area contributed by atoms with E-state index in [1.54, 1.807) is 23.9 Å². The molecule has 0 amide bonds. The van der Waals surface area contributed by atoms with Gasteiger partial charge in [0, 0.05) is 16.3 Å². The van der Waals surface area contributed by atoms with Crippen molar-refractivity contribution in [1.82, 2.24) is 0 Å². The van der Waals surface area contributed by atoms with Crippen molar-refractivity contribution < 1.29 is 5.11 Å². The Kier molecular flexibility index (Phi) is 3.59. The van der Waals surface area contributed by atoms with Gasteiger partial charge in [-0.25, -0.2) is 0 Å². The highest BCUT2D eigenvalue weighted by Crippen LogP contribution is 2.29. The van der Waals surface area contributed by atoms with Crippen molar-refractivity contribution >= 4 is 17.4 Å². The maximum Gasteiger partial charge on any atom is 0.115 e. The Balaban J connectivity index is 2.10. The second-order valence-corrected chi connectivity index (χ2v) is 4.95. The van der Waals surface area contributed by atoms with Gasteiger partial charge in [0.2, 0.25) is 0 Å². The number of nitrogen functional groups attached to an aromatic ring is 1. The molecule has 0 saturated heterocycles. The Hall–Kier alpha value is -1.61. The Morgan fingerprint density at radius 1 is 1.18 bits per heavy atom. The second-order valence-electron chi connectivity index (χ2n) is 3.93. The van der Waals surface area contributed by atoms with Crippen LogP contribution in [0.5, 0.6) is 5.75 Å². The van der Waals surface area contributed by atoms with Gasteiger partial charge in [0.15, 0.2) is 0 Å². The third-order valence-corrected chi connectivity index (χ3v) is 3.86. The quantitative estimate of drug-likeness (QED) is 0.642. The van der Waals surface area contributed by atoms with Crippen LogP contribution >= 0.6 is 11.8 Å². The minimum atomic E-state index is 0.312. The van der Waals surface area contributed by atoms with Gasteiger partial charge in [-0.15, -0.1) is 11.8 Å². The van der Waals surface area contributed by atoms with E-state index in [9.17, 15) is 5.11 Å². The first-order valence-corrected chi connectivity index (χ1v) is 6.41. The zero-order valence-corrected chi connectivity index (χ0v) is 10.5. The topological polar surface area (TPSA) is 46.2 Å². The number of benzene rings is 2. The zero-order chi connectivity index (χ0) is 12.3. The largest absolute Gasteiger partial charge is 0.508 e. The van der Waals surface area contributed by atoms with E-state index in [4.69, 9.17) is 5.73 Å². The summed E-state index contributed by atoms with van der Waals surface area (Å²) in [5, 5.41) is 9.38. The highest BCUT2D eigenvalue weighted by molar-refractivity contribution is 7.98. The Bertz CT molecular complexity index is 525. The number of hydrogen-bond acceptors (Lipinski definition) is 3. The number of rotatable bonds is 3. The fourth-order valence-corrected chi connectivity index (χ4v) is 2.61. The number of aromatic hydroxyl groups is 1. The van der Waals surface area contributed by atoms with Gasteiger partial charge in [-0.2, -0.15) is 0 Å². The van der Waals surface area contributed by atoms with Crippen LogP contribution in [-0.4, -0.2) is 5.11 Å². The summed E-state index contributed by atoms with van der Waals surface area (Å²) < 4.78 is 0. The molecule has 0 aliphatic carbocycles. The number of anilines is 1. The van der Waals surface area contributed by atoms with E-state index in [2.05, 4.69) is 6.07 Å². The maximum atomic E-state index is 9.38. The van der Waals surface area contributed by atoms with Gasteiger partial charge in [-0.05, 0) is 42.3 Å². The molecule has 3 N–H and O–H groups in total. The summed E-state index contributed by atoms with van der Waals surface area (Å²) in [5.74, 6) is 1.14. The molecule has 0 aliphatic heterocycles. The molecule has 0 heterocycles. The fraction of sp³-hybridized carbons (Fsp3) is 0.143. The third kappa shape index (κ3) is 2.94. The molecule has 0 aliphatic rings. The van der Waals surface area contributed by atoms with Crippen LogP contribution in [0.1, 0.15) is 11.1 Å². The summed E-state index contributed by atoms with van der Waals surface area (Å²) in [6, 6.07) is 13.3. The maximum absolute atomic E-state index is 9.38. The van der Waals surface area contributed by atoms with Gasteiger partial charge in [0.25, 0.3) is 0 Å². The normalized spacial score (nSPS) is 10.4. The van der Waals surface area contributed by atoms with Crippen LogP contribution in [0.4, 0.5) is 5.69 Å². The summed E-state index contributed by atoms with van der Waals surface area (Å²) in [6.45, 7) is 2.03. The van der Waals surface area contributed by atoms with Crippen LogP contribution in [0.3, 0.4) is 0 Å². The van der Waals surface area contributed by atoms with Gasteiger partial charge in [0.1, 0.15) is 5.75 Å². The van der Waals surface area contributed by atoms with E-state index < -0.39 is 0 Å². The molecular weight excluding hydrogens is 230 g/mol. The predicted molar refractivity (Wildman–Crippen MR) is 73.3 cm³/mol. The Morgan fingerprint density at radius 3 is 2.71 bits per heavy atom. The van der Waals surface area contributed by atoms with Crippen molar-refractivity contribution in [3.05, 3.63) is 53.6 Å². The third-order valence-electron chi connectivity index (χ3n) is 2.63. The molecule has 0 radical (unpaired) electrons. The molecule has 0 unspecified atom stereocenters. The van der Waals surface area contributed by atoms with Crippen molar-refractivity contribution in [2.75, 3.05) is 5.73 Å². The lowest BCUT2D eigenvalue weighted by Gasteiger charge is -2.08. The van der Waals surface area contributed by atoms with E-state index in [1.165, 1.54) is 4.90 Å². The van der Waals surface area contributed by atoms with E-state index in [0.717, 1.165) is 22.6 Å². The van der Waals surface area contributed by atoms with Crippen molar-refractivity contribution in [2.45, 2.75) is 17.6 Å². The molecule has 2 nitrogen and oxygen atoms in total. The standard InChI is InChI=1S/C14H15NOS/c1-10-13(15)6-3-7-14(10)17-9-11-4-2-5-12(16)8-11/h2-8,16H,9,15H2,1H3. The van der Waals surface area contributed by atoms with Crippen LogP contribution in [-0.2, 0) is 5.75 Å².